The molecule has 3 aromatic rings. The van der Waals surface area contributed by atoms with Crippen molar-refractivity contribution in [1.29, 1.82) is 0 Å². The SMILES string of the molecule is Cc1ccc(-n2c(=S)[nH]c3cccc(C)c32)cc1N(C)C. The van der Waals surface area contributed by atoms with Gasteiger partial charge in [0.2, 0.25) is 0 Å². The first-order valence-corrected chi connectivity index (χ1v) is 7.38. The van der Waals surface area contributed by atoms with Gasteiger partial charge in [-0.25, -0.2) is 0 Å². The van der Waals surface area contributed by atoms with Gasteiger partial charge >= 0.3 is 0 Å². The first-order chi connectivity index (χ1) is 9.99. The molecule has 2 aromatic carbocycles. The molecule has 1 heterocycles. The van der Waals surface area contributed by atoms with Crippen molar-refractivity contribution >= 4 is 28.9 Å². The van der Waals surface area contributed by atoms with E-state index in [-0.39, 0.29) is 0 Å². The Kier molecular flexibility index (Phi) is 3.33. The fraction of sp³-hybridized carbons (Fsp3) is 0.235. The molecule has 3 rings (SSSR count). The molecule has 0 fully saturated rings. The molecule has 21 heavy (non-hydrogen) atoms. The van der Waals surface area contributed by atoms with Gasteiger partial charge in [0.15, 0.2) is 4.77 Å². The molecule has 0 spiro atoms. The lowest BCUT2D eigenvalue weighted by molar-refractivity contribution is 1.04. The second-order valence-corrected chi connectivity index (χ2v) is 5.99. The molecular formula is C17H19N3S. The number of aryl methyl sites for hydroxylation is 2. The summed E-state index contributed by atoms with van der Waals surface area (Å²) in [6.45, 7) is 4.24. The summed E-state index contributed by atoms with van der Waals surface area (Å²) in [7, 11) is 4.12. The summed E-state index contributed by atoms with van der Waals surface area (Å²) in [6.07, 6.45) is 0. The average Bonchev–Trinajstić information content (AvgIpc) is 2.77. The van der Waals surface area contributed by atoms with Crippen molar-refractivity contribution in [3.05, 3.63) is 52.3 Å². The summed E-state index contributed by atoms with van der Waals surface area (Å²) < 4.78 is 2.85. The van der Waals surface area contributed by atoms with Crippen molar-refractivity contribution in [2.75, 3.05) is 19.0 Å². The summed E-state index contributed by atoms with van der Waals surface area (Å²) in [4.78, 5) is 5.42. The second kappa shape index (κ2) is 5.04. The summed E-state index contributed by atoms with van der Waals surface area (Å²) >= 11 is 5.53. The summed E-state index contributed by atoms with van der Waals surface area (Å²) in [5, 5.41) is 0. The van der Waals surface area contributed by atoms with Crippen molar-refractivity contribution in [3.63, 3.8) is 0 Å². The quantitative estimate of drug-likeness (QED) is 0.710. The molecule has 0 aliphatic rings. The number of benzene rings is 2. The molecule has 0 radical (unpaired) electrons. The van der Waals surface area contributed by atoms with Crippen LogP contribution in [0.4, 0.5) is 5.69 Å². The Morgan fingerprint density at radius 3 is 2.52 bits per heavy atom. The molecule has 0 atom stereocenters. The van der Waals surface area contributed by atoms with Crippen LogP contribution in [0.15, 0.2) is 36.4 Å². The van der Waals surface area contributed by atoms with E-state index in [0.29, 0.717) is 0 Å². The Morgan fingerprint density at radius 1 is 1.05 bits per heavy atom. The minimum Gasteiger partial charge on any atom is -0.377 e. The van der Waals surface area contributed by atoms with Crippen LogP contribution in [0.2, 0.25) is 0 Å². The zero-order valence-corrected chi connectivity index (χ0v) is 13.6. The maximum absolute atomic E-state index is 5.53. The van der Waals surface area contributed by atoms with E-state index >= 15 is 0 Å². The van der Waals surface area contributed by atoms with Gasteiger partial charge < -0.3 is 9.88 Å². The van der Waals surface area contributed by atoms with Crippen molar-refractivity contribution < 1.29 is 0 Å². The number of fused-ring (bicyclic) bond motifs is 1. The highest BCUT2D eigenvalue weighted by molar-refractivity contribution is 7.71. The zero-order valence-electron chi connectivity index (χ0n) is 12.8. The van der Waals surface area contributed by atoms with Crippen molar-refractivity contribution in [2.24, 2.45) is 0 Å². The first kappa shape index (κ1) is 13.9. The first-order valence-electron chi connectivity index (χ1n) is 6.98. The lowest BCUT2D eigenvalue weighted by Gasteiger charge is -2.17. The number of aromatic nitrogens is 2. The highest BCUT2D eigenvalue weighted by Crippen LogP contribution is 2.26. The molecule has 0 aliphatic carbocycles. The Labute approximate surface area is 129 Å². The number of nitrogens with zero attached hydrogens (tertiary/aromatic N) is 2. The van der Waals surface area contributed by atoms with Crippen LogP contribution in [0.1, 0.15) is 11.1 Å². The average molecular weight is 297 g/mol. The number of hydrogen-bond acceptors (Lipinski definition) is 2. The summed E-state index contributed by atoms with van der Waals surface area (Å²) in [5.41, 5.74) is 6.99. The van der Waals surface area contributed by atoms with E-state index in [0.717, 1.165) is 21.5 Å². The van der Waals surface area contributed by atoms with E-state index in [1.54, 1.807) is 0 Å². The maximum atomic E-state index is 5.53. The molecule has 0 unspecified atom stereocenters. The minimum atomic E-state index is 0.729. The zero-order chi connectivity index (χ0) is 15.1. The van der Waals surface area contributed by atoms with Crippen LogP contribution in [0.3, 0.4) is 0 Å². The monoisotopic (exact) mass is 297 g/mol. The molecule has 4 heteroatoms. The molecule has 0 aliphatic heterocycles. The van der Waals surface area contributed by atoms with Gasteiger partial charge in [0, 0.05) is 19.8 Å². The number of aromatic amines is 1. The Hall–Kier alpha value is -2.07. The number of rotatable bonds is 2. The van der Waals surface area contributed by atoms with Crippen LogP contribution >= 0.6 is 12.2 Å². The Morgan fingerprint density at radius 2 is 1.81 bits per heavy atom. The van der Waals surface area contributed by atoms with Gasteiger partial charge in [-0.15, -0.1) is 0 Å². The van der Waals surface area contributed by atoms with Crippen molar-refractivity contribution in [2.45, 2.75) is 13.8 Å². The standard InChI is InChI=1S/C17H19N3S/c1-11-8-9-13(10-15(11)19(3)4)20-16-12(2)6-5-7-14(16)18-17(20)21/h5-10H,1-4H3,(H,18,21). The van der Waals surface area contributed by atoms with Crippen LogP contribution < -0.4 is 4.90 Å². The highest BCUT2D eigenvalue weighted by Gasteiger charge is 2.10. The third-order valence-corrected chi connectivity index (χ3v) is 4.12. The summed E-state index contributed by atoms with van der Waals surface area (Å²) in [5.74, 6) is 0. The fourth-order valence-corrected chi connectivity index (χ4v) is 3.10. The van der Waals surface area contributed by atoms with Gasteiger partial charge in [0.25, 0.3) is 0 Å². The summed E-state index contributed by atoms with van der Waals surface area (Å²) in [6, 6.07) is 12.7. The van der Waals surface area contributed by atoms with Gasteiger partial charge in [0.05, 0.1) is 16.7 Å². The number of anilines is 1. The third kappa shape index (κ3) is 2.25. The van der Waals surface area contributed by atoms with Crippen LogP contribution in [0.25, 0.3) is 16.7 Å². The van der Waals surface area contributed by atoms with Crippen LogP contribution in [-0.2, 0) is 0 Å². The van der Waals surface area contributed by atoms with Crippen LogP contribution in [0.5, 0.6) is 0 Å². The number of imidazole rings is 1. The van der Waals surface area contributed by atoms with Gasteiger partial charge in [0.1, 0.15) is 0 Å². The molecule has 0 amide bonds. The van der Waals surface area contributed by atoms with E-state index in [1.807, 2.05) is 6.07 Å². The van der Waals surface area contributed by atoms with Crippen LogP contribution in [0, 0.1) is 18.6 Å². The van der Waals surface area contributed by atoms with Crippen molar-refractivity contribution in [3.8, 4) is 5.69 Å². The molecule has 1 N–H and O–H groups in total. The lowest BCUT2D eigenvalue weighted by Crippen LogP contribution is -2.11. The smallest absolute Gasteiger partial charge is 0.182 e. The number of para-hydroxylation sites is 1. The van der Waals surface area contributed by atoms with Crippen molar-refractivity contribution in [1.82, 2.24) is 9.55 Å². The van der Waals surface area contributed by atoms with E-state index in [1.165, 1.54) is 16.8 Å². The van der Waals surface area contributed by atoms with E-state index < -0.39 is 0 Å². The molecule has 108 valence electrons. The van der Waals surface area contributed by atoms with Gasteiger partial charge in [-0.2, -0.15) is 0 Å². The Bertz CT molecular complexity index is 871. The topological polar surface area (TPSA) is 24.0 Å². The molecule has 0 bridgehead atoms. The molecule has 0 saturated heterocycles. The normalized spacial score (nSPS) is 11.0. The van der Waals surface area contributed by atoms with Gasteiger partial charge in [-0.3, -0.25) is 4.57 Å². The minimum absolute atomic E-state index is 0.729. The van der Waals surface area contributed by atoms with E-state index in [2.05, 4.69) is 72.7 Å². The fourth-order valence-electron chi connectivity index (χ4n) is 2.79. The van der Waals surface area contributed by atoms with E-state index in [9.17, 15) is 0 Å². The Balaban J connectivity index is 2.33. The molecule has 0 saturated carbocycles. The maximum Gasteiger partial charge on any atom is 0.182 e. The predicted molar refractivity (Wildman–Crippen MR) is 92.3 cm³/mol. The predicted octanol–water partition coefficient (Wildman–Crippen LogP) is 4.37. The molecular weight excluding hydrogens is 278 g/mol. The third-order valence-electron chi connectivity index (χ3n) is 3.84. The largest absolute Gasteiger partial charge is 0.377 e. The number of H-pyrrole nitrogens is 1. The highest BCUT2D eigenvalue weighted by atomic mass is 32.1. The molecule has 3 nitrogen and oxygen atoms in total. The molecule has 1 aromatic heterocycles. The number of hydrogen-bond donors (Lipinski definition) is 1. The van der Waals surface area contributed by atoms with E-state index in [4.69, 9.17) is 12.2 Å². The van der Waals surface area contributed by atoms with Crippen LogP contribution in [-0.4, -0.2) is 23.6 Å². The second-order valence-electron chi connectivity index (χ2n) is 5.60. The van der Waals surface area contributed by atoms with Gasteiger partial charge in [-0.05, 0) is 55.4 Å². The lowest BCUT2D eigenvalue weighted by atomic mass is 10.1. The number of nitrogens with one attached hydrogen (secondary N) is 1. The van der Waals surface area contributed by atoms with Gasteiger partial charge in [-0.1, -0.05) is 18.2 Å².